The zero-order valence-electron chi connectivity index (χ0n) is 8.28. The molecule has 0 saturated carbocycles. The van der Waals surface area contributed by atoms with Crippen molar-refractivity contribution in [3.63, 3.8) is 0 Å². The van der Waals surface area contributed by atoms with Crippen LogP contribution in [0.3, 0.4) is 0 Å². The van der Waals surface area contributed by atoms with E-state index >= 15 is 0 Å². The molecule has 16 heavy (non-hydrogen) atoms. The number of hydrogen-bond acceptors (Lipinski definition) is 5. The van der Waals surface area contributed by atoms with Crippen LogP contribution in [0.15, 0.2) is 48.8 Å². The van der Waals surface area contributed by atoms with Crippen LogP contribution in [0, 0.1) is 5.16 Å². The first kappa shape index (κ1) is 10.5. The summed E-state index contributed by atoms with van der Waals surface area (Å²) in [5.41, 5.74) is 0. The van der Waals surface area contributed by atoms with E-state index in [0.717, 1.165) is 0 Å². The predicted molar refractivity (Wildman–Crippen MR) is 59.4 cm³/mol. The Morgan fingerprint density at radius 2 is 1.38 bits per heavy atom. The van der Waals surface area contributed by atoms with Gasteiger partial charge in [0.2, 0.25) is 0 Å². The van der Waals surface area contributed by atoms with Gasteiger partial charge >= 0.3 is 8.17 Å². The van der Waals surface area contributed by atoms with Crippen molar-refractivity contribution in [3.05, 3.63) is 48.8 Å². The average Bonchev–Trinajstić information content (AvgIpc) is 2.31. The lowest BCUT2D eigenvalue weighted by atomic mass is 10.5. The van der Waals surface area contributed by atoms with Gasteiger partial charge in [0.05, 0.1) is 0 Å². The molecule has 0 aliphatic rings. The largest absolute Gasteiger partial charge is 0.668 e. The zero-order valence-corrected chi connectivity index (χ0v) is 9.17. The van der Waals surface area contributed by atoms with Crippen LogP contribution in [0.5, 0.6) is 11.8 Å². The second-order valence-electron chi connectivity index (χ2n) is 2.78. The van der Waals surface area contributed by atoms with Gasteiger partial charge in [-0.25, -0.2) is 19.0 Å². The van der Waals surface area contributed by atoms with Crippen LogP contribution in [-0.2, 0) is 0 Å². The van der Waals surface area contributed by atoms with E-state index in [9.17, 15) is 0 Å². The molecule has 0 unspecified atom stereocenters. The highest BCUT2D eigenvalue weighted by Gasteiger charge is 2.19. The van der Waals surface area contributed by atoms with Crippen LogP contribution >= 0.6 is 8.17 Å². The van der Waals surface area contributed by atoms with E-state index in [2.05, 4.69) is 9.97 Å². The van der Waals surface area contributed by atoms with Crippen LogP contribution < -0.4 is 9.05 Å². The first-order valence-corrected chi connectivity index (χ1v) is 5.72. The molecule has 0 radical (unpaired) electrons. The number of rotatable bonds is 4. The van der Waals surface area contributed by atoms with Gasteiger partial charge in [-0.1, -0.05) is 12.1 Å². The Balaban J connectivity index is 1.95. The maximum absolute atomic E-state index is 7.59. The van der Waals surface area contributed by atoms with Crippen LogP contribution in [-0.4, -0.2) is 9.97 Å². The van der Waals surface area contributed by atoms with Gasteiger partial charge in [-0.05, 0) is 17.3 Å². The van der Waals surface area contributed by atoms with Crippen molar-refractivity contribution in [1.82, 2.24) is 9.97 Å². The lowest BCUT2D eigenvalue weighted by molar-refractivity contribution is 0.477. The quantitative estimate of drug-likeness (QED) is 0.825. The van der Waals surface area contributed by atoms with Gasteiger partial charge in [0.25, 0.3) is 11.8 Å². The summed E-state index contributed by atoms with van der Waals surface area (Å²) in [5.74, 6) is 0.749. The minimum atomic E-state index is -1.81. The van der Waals surface area contributed by atoms with Crippen LogP contribution in [0.1, 0.15) is 0 Å². The summed E-state index contributed by atoms with van der Waals surface area (Å²) in [7, 11) is -1.81. The molecule has 2 rings (SSSR count). The minimum Gasteiger partial charge on any atom is -0.217 e. The molecule has 80 valence electrons. The van der Waals surface area contributed by atoms with E-state index in [-0.39, 0.29) is 0 Å². The molecule has 2 aromatic rings. The average molecular weight is 234 g/mol. The Hall–Kier alpha value is -2.00. The molecular formula is C10H9N3O2P+. The Labute approximate surface area is 93.5 Å². The van der Waals surface area contributed by atoms with Crippen molar-refractivity contribution in [3.8, 4) is 11.8 Å². The number of nitrogens with one attached hydrogen (secondary N) is 1. The SMILES string of the molecule is N=[P+](Oc1ccccn1)Oc1ccccn1. The third-order valence-corrected chi connectivity index (χ3v) is 2.33. The number of aromatic nitrogens is 2. The van der Waals surface area contributed by atoms with E-state index < -0.39 is 8.17 Å². The molecule has 1 N–H and O–H groups in total. The van der Waals surface area contributed by atoms with Gasteiger partial charge in [0.15, 0.2) is 0 Å². The van der Waals surface area contributed by atoms with Gasteiger partial charge in [-0.15, -0.1) is 0 Å². The van der Waals surface area contributed by atoms with Crippen LogP contribution in [0.25, 0.3) is 0 Å². The molecule has 0 saturated heterocycles. The van der Waals surface area contributed by atoms with Crippen molar-refractivity contribution in [1.29, 1.82) is 5.16 Å². The second-order valence-corrected chi connectivity index (χ2v) is 3.66. The van der Waals surface area contributed by atoms with Gasteiger partial charge in [0, 0.05) is 24.5 Å². The van der Waals surface area contributed by atoms with Crippen molar-refractivity contribution in [2.24, 2.45) is 0 Å². The second kappa shape index (κ2) is 5.19. The van der Waals surface area contributed by atoms with Gasteiger partial charge in [0.1, 0.15) is 0 Å². The molecule has 6 heteroatoms. The summed E-state index contributed by atoms with van der Waals surface area (Å²) < 4.78 is 10.4. The Bertz CT molecular complexity index is 421. The third-order valence-electron chi connectivity index (χ3n) is 1.63. The molecule has 0 fully saturated rings. The Kier molecular flexibility index (Phi) is 3.41. The highest BCUT2D eigenvalue weighted by atomic mass is 31.1. The first-order valence-electron chi connectivity index (χ1n) is 4.54. The molecule has 0 amide bonds. The summed E-state index contributed by atoms with van der Waals surface area (Å²) in [6.07, 6.45) is 3.19. The molecule has 2 aromatic heterocycles. The smallest absolute Gasteiger partial charge is 0.217 e. The van der Waals surface area contributed by atoms with Crippen molar-refractivity contribution >= 4 is 8.17 Å². The summed E-state index contributed by atoms with van der Waals surface area (Å²) in [5, 5.41) is 7.59. The lowest BCUT2D eigenvalue weighted by Crippen LogP contribution is -1.91. The molecular weight excluding hydrogens is 225 g/mol. The molecule has 0 bridgehead atoms. The van der Waals surface area contributed by atoms with Crippen molar-refractivity contribution < 1.29 is 9.05 Å². The number of pyridine rings is 2. The van der Waals surface area contributed by atoms with E-state index in [0.29, 0.717) is 11.8 Å². The summed E-state index contributed by atoms with van der Waals surface area (Å²) >= 11 is 0. The van der Waals surface area contributed by atoms with Crippen LogP contribution in [0.4, 0.5) is 0 Å². The molecule has 0 spiro atoms. The Morgan fingerprint density at radius 1 is 0.875 bits per heavy atom. The molecule has 5 nitrogen and oxygen atoms in total. The fourth-order valence-electron chi connectivity index (χ4n) is 0.991. The third kappa shape index (κ3) is 3.00. The highest BCUT2D eigenvalue weighted by molar-refractivity contribution is 7.35. The van der Waals surface area contributed by atoms with E-state index in [1.54, 1.807) is 48.8 Å². The minimum absolute atomic E-state index is 0.375. The summed E-state index contributed by atoms with van der Waals surface area (Å²) in [6, 6.07) is 10.5. The fourth-order valence-corrected chi connectivity index (χ4v) is 1.58. The standard InChI is InChI=1S/C10H9N3O2P/c11-16(14-9-5-1-3-7-12-9)15-10-6-2-4-8-13-10/h1-8,11H/q+1. The highest BCUT2D eigenvalue weighted by Crippen LogP contribution is 2.28. The summed E-state index contributed by atoms with van der Waals surface area (Å²) in [4.78, 5) is 7.87. The Morgan fingerprint density at radius 3 is 1.75 bits per heavy atom. The summed E-state index contributed by atoms with van der Waals surface area (Å²) in [6.45, 7) is 0. The molecule has 0 aromatic carbocycles. The van der Waals surface area contributed by atoms with Gasteiger partial charge in [-0.2, -0.15) is 0 Å². The maximum Gasteiger partial charge on any atom is 0.668 e. The van der Waals surface area contributed by atoms with Crippen molar-refractivity contribution in [2.45, 2.75) is 0 Å². The maximum atomic E-state index is 7.59. The monoisotopic (exact) mass is 234 g/mol. The fraction of sp³-hybridized carbons (Fsp3) is 0. The molecule has 0 aliphatic heterocycles. The molecule has 0 atom stereocenters. The van der Waals surface area contributed by atoms with E-state index in [1.807, 2.05) is 0 Å². The number of nitrogens with zero attached hydrogens (tertiary/aromatic N) is 2. The number of hydrogen-bond donors (Lipinski definition) is 1. The molecule has 0 aliphatic carbocycles. The van der Waals surface area contributed by atoms with Gasteiger partial charge in [-0.3, -0.25) is 0 Å². The topological polar surface area (TPSA) is 68.1 Å². The molecule has 2 heterocycles. The van der Waals surface area contributed by atoms with Crippen molar-refractivity contribution in [2.75, 3.05) is 0 Å². The lowest BCUT2D eigenvalue weighted by Gasteiger charge is -1.93. The zero-order chi connectivity index (χ0) is 11.2. The predicted octanol–water partition coefficient (Wildman–Crippen LogP) is 3.01. The van der Waals surface area contributed by atoms with E-state index in [4.69, 9.17) is 14.2 Å². The first-order chi connectivity index (χ1) is 7.84. The van der Waals surface area contributed by atoms with Gasteiger partial charge < -0.3 is 0 Å². The normalized spacial score (nSPS) is 9.50. The van der Waals surface area contributed by atoms with E-state index in [1.165, 1.54) is 0 Å². The van der Waals surface area contributed by atoms with Crippen LogP contribution in [0.2, 0.25) is 0 Å².